The Kier molecular flexibility index (Phi) is 3.78. The van der Waals surface area contributed by atoms with Gasteiger partial charge in [-0.2, -0.15) is 0 Å². The van der Waals surface area contributed by atoms with E-state index in [1.54, 1.807) is 24.3 Å². The summed E-state index contributed by atoms with van der Waals surface area (Å²) < 4.78 is 6.93. The molecular formula is C14H11IO2. The summed E-state index contributed by atoms with van der Waals surface area (Å²) in [6.45, 7) is 2.01. The first-order chi connectivity index (χ1) is 8.19. The van der Waals surface area contributed by atoms with Crippen molar-refractivity contribution in [2.45, 2.75) is 6.92 Å². The number of ether oxygens (including phenoxy) is 1. The Bertz CT molecular complexity index is 532. The highest BCUT2D eigenvalue weighted by atomic mass is 127. The molecule has 0 aromatic heterocycles. The Morgan fingerprint density at radius 3 is 2.41 bits per heavy atom. The van der Waals surface area contributed by atoms with Crippen molar-refractivity contribution in [1.82, 2.24) is 0 Å². The first-order valence-corrected chi connectivity index (χ1v) is 6.26. The minimum absolute atomic E-state index is 0.650. The van der Waals surface area contributed by atoms with Crippen molar-refractivity contribution < 1.29 is 9.53 Å². The molecular weight excluding hydrogens is 327 g/mol. The van der Waals surface area contributed by atoms with Crippen molar-refractivity contribution in [1.29, 1.82) is 0 Å². The molecule has 17 heavy (non-hydrogen) atoms. The van der Waals surface area contributed by atoms with E-state index in [2.05, 4.69) is 28.7 Å². The second kappa shape index (κ2) is 5.31. The number of hydrogen-bond donors (Lipinski definition) is 0. The van der Waals surface area contributed by atoms with Gasteiger partial charge in [0, 0.05) is 9.13 Å². The van der Waals surface area contributed by atoms with Crippen LogP contribution in [0.3, 0.4) is 0 Å². The minimum atomic E-state index is 0.650. The second-order valence-corrected chi connectivity index (χ2v) is 4.94. The Labute approximate surface area is 114 Å². The molecule has 2 aromatic rings. The summed E-state index contributed by atoms with van der Waals surface area (Å²) in [6, 6.07) is 13.1. The molecule has 0 unspecified atom stereocenters. The third-order valence-electron chi connectivity index (χ3n) is 2.38. The maximum absolute atomic E-state index is 10.5. The third kappa shape index (κ3) is 3.06. The fraction of sp³-hybridized carbons (Fsp3) is 0.0714. The monoisotopic (exact) mass is 338 g/mol. The van der Waals surface area contributed by atoms with E-state index in [-0.39, 0.29) is 0 Å². The molecule has 2 rings (SSSR count). The van der Waals surface area contributed by atoms with Crippen LogP contribution >= 0.6 is 22.6 Å². The van der Waals surface area contributed by atoms with Crippen LogP contribution in [0.25, 0.3) is 0 Å². The van der Waals surface area contributed by atoms with Crippen molar-refractivity contribution in [2.24, 2.45) is 0 Å². The van der Waals surface area contributed by atoms with Crippen molar-refractivity contribution in [3.8, 4) is 11.5 Å². The molecule has 0 aliphatic rings. The molecule has 0 fully saturated rings. The Morgan fingerprint density at radius 1 is 1.12 bits per heavy atom. The quantitative estimate of drug-likeness (QED) is 0.619. The molecule has 0 aliphatic carbocycles. The number of aryl methyl sites for hydroxylation is 1. The van der Waals surface area contributed by atoms with E-state index >= 15 is 0 Å². The van der Waals surface area contributed by atoms with E-state index < -0.39 is 0 Å². The van der Waals surface area contributed by atoms with E-state index in [0.29, 0.717) is 5.56 Å². The summed E-state index contributed by atoms with van der Waals surface area (Å²) in [7, 11) is 0. The zero-order valence-electron chi connectivity index (χ0n) is 9.31. The van der Waals surface area contributed by atoms with Gasteiger partial charge in [0.2, 0.25) is 0 Å². The molecule has 0 atom stereocenters. The van der Waals surface area contributed by atoms with Gasteiger partial charge in [0.25, 0.3) is 0 Å². The van der Waals surface area contributed by atoms with Crippen LogP contribution in [-0.4, -0.2) is 6.29 Å². The summed E-state index contributed by atoms with van der Waals surface area (Å²) >= 11 is 2.27. The van der Waals surface area contributed by atoms with Crippen LogP contribution in [0.15, 0.2) is 42.5 Å². The van der Waals surface area contributed by atoms with Gasteiger partial charge in [-0.3, -0.25) is 4.79 Å². The molecule has 86 valence electrons. The predicted octanol–water partition coefficient (Wildman–Crippen LogP) is 4.20. The summed E-state index contributed by atoms with van der Waals surface area (Å²) in [5.41, 5.74) is 1.74. The summed E-state index contributed by atoms with van der Waals surface area (Å²) in [5.74, 6) is 1.57. The van der Waals surface area contributed by atoms with Gasteiger partial charge in [-0.15, -0.1) is 0 Å². The van der Waals surface area contributed by atoms with Crippen LogP contribution in [0.5, 0.6) is 11.5 Å². The number of benzene rings is 2. The Balaban J connectivity index is 2.22. The van der Waals surface area contributed by atoms with E-state index in [0.717, 1.165) is 23.3 Å². The molecule has 3 heteroatoms. The minimum Gasteiger partial charge on any atom is -0.457 e. The fourth-order valence-corrected chi connectivity index (χ4v) is 2.12. The number of halogens is 1. The van der Waals surface area contributed by atoms with E-state index in [4.69, 9.17) is 4.74 Å². The van der Waals surface area contributed by atoms with Crippen LogP contribution < -0.4 is 4.74 Å². The first kappa shape index (κ1) is 12.1. The molecule has 0 saturated heterocycles. The van der Waals surface area contributed by atoms with Gasteiger partial charge in [-0.05, 0) is 77.5 Å². The summed E-state index contributed by atoms with van der Waals surface area (Å²) in [5, 5.41) is 0. The SMILES string of the molecule is Cc1cc(I)ccc1Oc1ccc(C=O)cc1. The molecule has 0 spiro atoms. The van der Waals surface area contributed by atoms with Gasteiger partial charge in [-0.1, -0.05) is 0 Å². The highest BCUT2D eigenvalue weighted by molar-refractivity contribution is 14.1. The van der Waals surface area contributed by atoms with Gasteiger partial charge in [0.15, 0.2) is 0 Å². The number of carbonyl (C=O) groups is 1. The van der Waals surface area contributed by atoms with Gasteiger partial charge in [0.05, 0.1) is 0 Å². The average molecular weight is 338 g/mol. The predicted molar refractivity (Wildman–Crippen MR) is 75.8 cm³/mol. The standard InChI is InChI=1S/C14H11IO2/c1-10-8-12(15)4-7-14(10)17-13-5-2-11(9-16)3-6-13/h2-9H,1H3. The molecule has 0 amide bonds. The third-order valence-corrected chi connectivity index (χ3v) is 3.05. The smallest absolute Gasteiger partial charge is 0.150 e. The molecule has 0 heterocycles. The van der Waals surface area contributed by atoms with Crippen LogP contribution in [0.2, 0.25) is 0 Å². The topological polar surface area (TPSA) is 26.3 Å². The zero-order valence-corrected chi connectivity index (χ0v) is 11.5. The highest BCUT2D eigenvalue weighted by Crippen LogP contribution is 2.26. The van der Waals surface area contributed by atoms with Gasteiger partial charge in [0.1, 0.15) is 17.8 Å². The first-order valence-electron chi connectivity index (χ1n) is 5.18. The molecule has 0 N–H and O–H groups in total. The van der Waals surface area contributed by atoms with Crippen molar-refractivity contribution in [2.75, 3.05) is 0 Å². The lowest BCUT2D eigenvalue weighted by molar-refractivity contribution is 0.112. The average Bonchev–Trinajstić information content (AvgIpc) is 2.34. The van der Waals surface area contributed by atoms with Crippen LogP contribution in [0.4, 0.5) is 0 Å². The molecule has 0 aliphatic heterocycles. The van der Waals surface area contributed by atoms with Crippen molar-refractivity contribution in [3.05, 3.63) is 57.2 Å². The van der Waals surface area contributed by atoms with Crippen LogP contribution in [0.1, 0.15) is 15.9 Å². The van der Waals surface area contributed by atoms with Crippen LogP contribution in [-0.2, 0) is 0 Å². The number of hydrogen-bond acceptors (Lipinski definition) is 2. The lowest BCUT2D eigenvalue weighted by Crippen LogP contribution is -1.88. The normalized spacial score (nSPS) is 10.0. The summed E-state index contributed by atoms with van der Waals surface area (Å²) in [6.07, 6.45) is 0.819. The number of aldehydes is 1. The molecule has 0 saturated carbocycles. The summed E-state index contributed by atoms with van der Waals surface area (Å²) in [4.78, 5) is 10.5. The lowest BCUT2D eigenvalue weighted by Gasteiger charge is -2.08. The number of carbonyl (C=O) groups excluding carboxylic acids is 1. The molecule has 2 aromatic carbocycles. The number of rotatable bonds is 3. The van der Waals surface area contributed by atoms with Gasteiger partial charge < -0.3 is 4.74 Å². The van der Waals surface area contributed by atoms with E-state index in [1.165, 1.54) is 3.57 Å². The Morgan fingerprint density at radius 2 is 1.82 bits per heavy atom. The Hall–Kier alpha value is -1.36. The van der Waals surface area contributed by atoms with E-state index in [9.17, 15) is 4.79 Å². The van der Waals surface area contributed by atoms with Crippen molar-refractivity contribution >= 4 is 28.9 Å². The highest BCUT2D eigenvalue weighted by Gasteiger charge is 2.02. The van der Waals surface area contributed by atoms with Gasteiger partial charge in [-0.25, -0.2) is 0 Å². The molecule has 0 radical (unpaired) electrons. The second-order valence-electron chi connectivity index (χ2n) is 3.70. The largest absolute Gasteiger partial charge is 0.457 e. The van der Waals surface area contributed by atoms with E-state index in [1.807, 2.05) is 19.1 Å². The van der Waals surface area contributed by atoms with Crippen LogP contribution in [0, 0.1) is 10.5 Å². The van der Waals surface area contributed by atoms with Crippen molar-refractivity contribution in [3.63, 3.8) is 0 Å². The fourth-order valence-electron chi connectivity index (χ4n) is 1.47. The molecule has 2 nitrogen and oxygen atoms in total. The zero-order chi connectivity index (χ0) is 12.3. The molecule has 0 bridgehead atoms. The lowest BCUT2D eigenvalue weighted by atomic mass is 10.2. The maximum atomic E-state index is 10.5. The maximum Gasteiger partial charge on any atom is 0.150 e. The van der Waals surface area contributed by atoms with Gasteiger partial charge >= 0.3 is 0 Å².